The summed E-state index contributed by atoms with van der Waals surface area (Å²) in [5, 5.41) is 2.86. The number of esters is 1. The Balaban J connectivity index is 1.69. The first kappa shape index (κ1) is 32.8. The van der Waals surface area contributed by atoms with Crippen molar-refractivity contribution in [2.45, 2.75) is 47.1 Å². The summed E-state index contributed by atoms with van der Waals surface area (Å²) in [6.45, 7) is 8.00. The molecule has 1 aliphatic rings. The monoisotopic (exact) mass is 611 g/mol. The molecule has 234 valence electrons. The molecule has 45 heavy (non-hydrogen) atoms. The molecular formula is C37H38FNO6. The van der Waals surface area contributed by atoms with Crippen molar-refractivity contribution in [1.29, 1.82) is 0 Å². The van der Waals surface area contributed by atoms with Gasteiger partial charge in [0, 0.05) is 0 Å². The summed E-state index contributed by atoms with van der Waals surface area (Å²) in [7, 11) is 2.97. The molecule has 0 saturated heterocycles. The van der Waals surface area contributed by atoms with E-state index in [4.69, 9.17) is 18.6 Å². The molecule has 3 aromatic rings. The first-order valence-electron chi connectivity index (χ1n) is 14.7. The Labute approximate surface area is 263 Å². The maximum Gasteiger partial charge on any atom is 0.343 e. The van der Waals surface area contributed by atoms with Crippen molar-refractivity contribution in [1.82, 2.24) is 5.32 Å². The topological polar surface area (TPSA) is 87.0 Å². The van der Waals surface area contributed by atoms with E-state index >= 15 is 0 Å². The van der Waals surface area contributed by atoms with Crippen molar-refractivity contribution >= 4 is 29.1 Å². The Kier molecular flexibility index (Phi) is 11.0. The van der Waals surface area contributed by atoms with Gasteiger partial charge in [-0.1, -0.05) is 30.7 Å². The van der Waals surface area contributed by atoms with Crippen LogP contribution in [0.5, 0.6) is 17.2 Å². The van der Waals surface area contributed by atoms with Crippen molar-refractivity contribution < 1.29 is 32.6 Å². The zero-order valence-electron chi connectivity index (χ0n) is 26.5. The minimum Gasteiger partial charge on any atom is -0.493 e. The van der Waals surface area contributed by atoms with E-state index in [-0.39, 0.29) is 24.6 Å². The fourth-order valence-electron chi connectivity index (χ4n) is 4.95. The molecule has 1 amide bonds. The van der Waals surface area contributed by atoms with Gasteiger partial charge >= 0.3 is 5.97 Å². The van der Waals surface area contributed by atoms with Crippen LogP contribution in [-0.2, 0) is 16.1 Å². The quantitative estimate of drug-likeness (QED) is 0.0961. The van der Waals surface area contributed by atoms with Crippen LogP contribution < -0.4 is 19.5 Å². The third kappa shape index (κ3) is 7.89. The number of hydrogen-bond acceptors (Lipinski definition) is 6. The SMILES string of the molecule is C/C=C\C=C(/C=C(C)CC)C(=O)Oc1c(OC)cc(/C=C2/C(C)=C(CC(=O)NCc3ccco3)c3cc(F)ccc32)cc1OC. The highest BCUT2D eigenvalue weighted by atomic mass is 19.1. The van der Waals surface area contributed by atoms with Crippen LogP contribution in [0.3, 0.4) is 0 Å². The average molecular weight is 612 g/mol. The van der Waals surface area contributed by atoms with Crippen LogP contribution in [0, 0.1) is 5.82 Å². The number of halogens is 1. The van der Waals surface area contributed by atoms with Crippen LogP contribution in [0.2, 0.25) is 0 Å². The van der Waals surface area contributed by atoms with E-state index in [2.05, 4.69) is 5.32 Å². The summed E-state index contributed by atoms with van der Waals surface area (Å²) in [6, 6.07) is 11.6. The number of furan rings is 1. The largest absolute Gasteiger partial charge is 0.493 e. The van der Waals surface area contributed by atoms with E-state index in [1.807, 2.05) is 39.8 Å². The predicted molar refractivity (Wildman–Crippen MR) is 174 cm³/mol. The molecule has 1 aliphatic carbocycles. The Morgan fingerprint density at radius 3 is 2.40 bits per heavy atom. The fourth-order valence-corrected chi connectivity index (χ4v) is 4.95. The lowest BCUT2D eigenvalue weighted by molar-refractivity contribution is -0.130. The summed E-state index contributed by atoms with van der Waals surface area (Å²) in [5.74, 6) is 0.235. The molecule has 1 heterocycles. The summed E-state index contributed by atoms with van der Waals surface area (Å²) in [5.41, 5.74) is 5.96. The number of carbonyl (C=O) groups excluding carboxylic acids is 2. The third-order valence-electron chi connectivity index (χ3n) is 7.48. The Morgan fingerprint density at radius 2 is 1.78 bits per heavy atom. The van der Waals surface area contributed by atoms with Crippen LogP contribution in [0.4, 0.5) is 4.39 Å². The number of ether oxygens (including phenoxy) is 3. The van der Waals surface area contributed by atoms with Gasteiger partial charge in [0.25, 0.3) is 0 Å². The van der Waals surface area contributed by atoms with Crippen LogP contribution in [0.15, 0.2) is 94.2 Å². The van der Waals surface area contributed by atoms with Gasteiger partial charge in [0.1, 0.15) is 11.6 Å². The lowest BCUT2D eigenvalue weighted by atomic mass is 10.00. The molecule has 0 atom stereocenters. The highest BCUT2D eigenvalue weighted by molar-refractivity contribution is 6.08. The Bertz CT molecular complexity index is 1700. The number of carbonyl (C=O) groups is 2. The molecule has 0 unspecified atom stereocenters. The first-order chi connectivity index (χ1) is 21.7. The predicted octanol–water partition coefficient (Wildman–Crippen LogP) is 8.23. The zero-order chi connectivity index (χ0) is 32.5. The number of methoxy groups -OCH3 is 2. The molecule has 0 aliphatic heterocycles. The number of rotatable bonds is 12. The minimum atomic E-state index is -0.552. The zero-order valence-corrected chi connectivity index (χ0v) is 26.5. The van der Waals surface area contributed by atoms with Gasteiger partial charge in [-0.3, -0.25) is 4.79 Å². The van der Waals surface area contributed by atoms with Gasteiger partial charge in [-0.25, -0.2) is 9.18 Å². The van der Waals surface area contributed by atoms with Crippen molar-refractivity contribution in [2.75, 3.05) is 14.2 Å². The van der Waals surface area contributed by atoms with E-state index in [9.17, 15) is 14.0 Å². The standard InChI is InChI=1S/C37H38FNO6/c1-7-9-11-26(16-23(3)8-2)37(41)45-36-33(42-5)18-25(19-34(36)43-6)17-30-24(4)31(32-20-27(38)13-14-29(30)32)21-35(40)39-22-28-12-10-15-44-28/h7,9-20H,8,21-22H2,1-6H3,(H,39,40)/b9-7-,23-16?,26-11+,30-17-. The highest BCUT2D eigenvalue weighted by Gasteiger charge is 2.27. The smallest absolute Gasteiger partial charge is 0.343 e. The number of benzene rings is 2. The number of hydrogen-bond donors (Lipinski definition) is 1. The molecule has 2 aromatic carbocycles. The van der Waals surface area contributed by atoms with Gasteiger partial charge in [-0.2, -0.15) is 0 Å². The van der Waals surface area contributed by atoms with Crippen LogP contribution in [0.1, 0.15) is 63.0 Å². The van der Waals surface area contributed by atoms with Gasteiger partial charge < -0.3 is 23.9 Å². The average Bonchev–Trinajstić information content (AvgIpc) is 3.65. The second-order valence-electron chi connectivity index (χ2n) is 10.5. The van der Waals surface area contributed by atoms with Gasteiger partial charge in [-0.15, -0.1) is 0 Å². The van der Waals surface area contributed by atoms with Crippen molar-refractivity contribution in [3.63, 3.8) is 0 Å². The molecule has 0 bridgehead atoms. The minimum absolute atomic E-state index is 0.0664. The van der Waals surface area contributed by atoms with Crippen LogP contribution >= 0.6 is 0 Å². The van der Waals surface area contributed by atoms with Gasteiger partial charge in [-0.05, 0) is 115 Å². The number of amides is 1. The first-order valence-corrected chi connectivity index (χ1v) is 14.7. The summed E-state index contributed by atoms with van der Waals surface area (Å²) < 4.78 is 36.8. The highest BCUT2D eigenvalue weighted by Crippen LogP contribution is 2.45. The fraction of sp³-hybridized carbons (Fsp3) is 0.243. The Hall–Kier alpha value is -5.11. The van der Waals surface area contributed by atoms with Gasteiger partial charge in [0.2, 0.25) is 11.7 Å². The summed E-state index contributed by atoms with van der Waals surface area (Å²) in [4.78, 5) is 26.1. The van der Waals surface area contributed by atoms with Gasteiger partial charge in [0.05, 0.1) is 39.0 Å². The lowest BCUT2D eigenvalue weighted by Gasteiger charge is -2.15. The number of allylic oxidation sites excluding steroid dienone is 6. The summed E-state index contributed by atoms with van der Waals surface area (Å²) in [6.07, 6.45) is 11.4. The van der Waals surface area contributed by atoms with Crippen molar-refractivity contribution in [3.8, 4) is 17.2 Å². The number of nitrogens with one attached hydrogen (secondary N) is 1. The normalized spacial score (nSPS) is 14.2. The van der Waals surface area contributed by atoms with E-state index < -0.39 is 11.8 Å². The van der Waals surface area contributed by atoms with Gasteiger partial charge in [0.15, 0.2) is 11.5 Å². The number of fused-ring (bicyclic) bond motifs is 1. The van der Waals surface area contributed by atoms with E-state index in [0.29, 0.717) is 34.0 Å². The van der Waals surface area contributed by atoms with E-state index in [1.165, 1.54) is 26.4 Å². The molecule has 0 saturated carbocycles. The van der Waals surface area contributed by atoms with E-state index in [0.717, 1.165) is 34.3 Å². The maximum atomic E-state index is 14.4. The molecule has 1 N–H and O–H groups in total. The molecule has 7 nitrogen and oxygen atoms in total. The van der Waals surface area contributed by atoms with Crippen molar-refractivity contribution in [2.24, 2.45) is 0 Å². The molecular weight excluding hydrogens is 573 g/mol. The van der Waals surface area contributed by atoms with Crippen LogP contribution in [0.25, 0.3) is 17.2 Å². The molecule has 0 radical (unpaired) electrons. The van der Waals surface area contributed by atoms with Crippen molar-refractivity contribution in [3.05, 3.63) is 118 Å². The second-order valence-corrected chi connectivity index (χ2v) is 10.5. The third-order valence-corrected chi connectivity index (χ3v) is 7.48. The summed E-state index contributed by atoms with van der Waals surface area (Å²) >= 11 is 0. The van der Waals surface area contributed by atoms with E-state index in [1.54, 1.807) is 54.8 Å². The lowest BCUT2D eigenvalue weighted by Crippen LogP contribution is -2.22. The molecule has 0 fully saturated rings. The molecule has 8 heteroatoms. The molecule has 1 aromatic heterocycles. The molecule has 4 rings (SSSR count). The second kappa shape index (κ2) is 15.1. The van der Waals surface area contributed by atoms with Crippen LogP contribution in [-0.4, -0.2) is 26.1 Å². The Morgan fingerprint density at radius 1 is 1.04 bits per heavy atom. The molecule has 0 spiro atoms. The maximum absolute atomic E-state index is 14.4.